The van der Waals surface area contributed by atoms with E-state index in [0.29, 0.717) is 13.1 Å². The molecule has 0 aromatic carbocycles. The lowest BCUT2D eigenvalue weighted by Gasteiger charge is -2.13. The lowest BCUT2D eigenvalue weighted by Crippen LogP contribution is -2.41. The van der Waals surface area contributed by atoms with Gasteiger partial charge in [-0.05, 0) is 19.4 Å². The lowest BCUT2D eigenvalue weighted by molar-refractivity contribution is -0.141. The van der Waals surface area contributed by atoms with E-state index < -0.39 is 12.0 Å². The van der Waals surface area contributed by atoms with Gasteiger partial charge in [0.25, 0.3) is 0 Å². The van der Waals surface area contributed by atoms with Crippen LogP contribution in [0.4, 0.5) is 0 Å². The van der Waals surface area contributed by atoms with Crippen LogP contribution in [-0.4, -0.2) is 36.1 Å². The summed E-state index contributed by atoms with van der Waals surface area (Å²) in [6, 6.07) is -0.775. The molecule has 5 heteroatoms. The molecule has 0 heterocycles. The molecule has 100 valence electrons. The fraction of sp³-hybridized carbons (Fsp3) is 0.833. The van der Waals surface area contributed by atoms with E-state index in [1.807, 2.05) is 13.8 Å². The lowest BCUT2D eigenvalue weighted by atomic mass is 10.2. The minimum Gasteiger partial charge on any atom is -0.480 e. The van der Waals surface area contributed by atoms with E-state index >= 15 is 0 Å². The molecule has 0 aliphatic rings. The molecule has 5 nitrogen and oxygen atoms in total. The van der Waals surface area contributed by atoms with Crippen molar-refractivity contribution in [2.75, 3.05) is 13.1 Å². The van der Waals surface area contributed by atoms with Crippen LogP contribution in [0.15, 0.2) is 0 Å². The summed E-state index contributed by atoms with van der Waals surface area (Å²) in [4.78, 5) is 22.4. The van der Waals surface area contributed by atoms with E-state index in [-0.39, 0.29) is 12.3 Å². The fourth-order valence-corrected chi connectivity index (χ4v) is 1.36. The first kappa shape index (κ1) is 15.9. The summed E-state index contributed by atoms with van der Waals surface area (Å²) in [6.45, 7) is 5.33. The standard InChI is InChI=1S/C12H24N2O3/c1-3-5-7-13-10(12(16)17)9-11(15)14-8-6-4-2/h10,13H,3-9H2,1-2H3,(H,14,15)(H,16,17). The first-order valence-electron chi connectivity index (χ1n) is 6.34. The maximum absolute atomic E-state index is 11.5. The Labute approximate surface area is 103 Å². The van der Waals surface area contributed by atoms with Crippen molar-refractivity contribution < 1.29 is 14.7 Å². The minimum absolute atomic E-state index is 0.00274. The Bertz CT molecular complexity index is 232. The van der Waals surface area contributed by atoms with Gasteiger partial charge in [-0.3, -0.25) is 9.59 Å². The molecule has 0 saturated heterocycles. The van der Waals surface area contributed by atoms with Crippen molar-refractivity contribution in [3.63, 3.8) is 0 Å². The van der Waals surface area contributed by atoms with Crippen molar-refractivity contribution in [1.29, 1.82) is 0 Å². The van der Waals surface area contributed by atoms with Crippen LogP contribution in [0.3, 0.4) is 0 Å². The van der Waals surface area contributed by atoms with Crippen LogP contribution in [0.1, 0.15) is 46.0 Å². The summed E-state index contributed by atoms with van der Waals surface area (Å²) in [5.41, 5.74) is 0. The Morgan fingerprint density at radius 3 is 2.24 bits per heavy atom. The molecule has 3 N–H and O–H groups in total. The monoisotopic (exact) mass is 244 g/mol. The summed E-state index contributed by atoms with van der Waals surface area (Å²) >= 11 is 0. The second-order valence-electron chi connectivity index (χ2n) is 4.11. The van der Waals surface area contributed by atoms with Crippen LogP contribution in [-0.2, 0) is 9.59 Å². The molecule has 0 radical (unpaired) electrons. The van der Waals surface area contributed by atoms with Crippen LogP contribution in [0.2, 0.25) is 0 Å². The molecule has 0 fully saturated rings. The van der Waals surface area contributed by atoms with Gasteiger partial charge in [-0.2, -0.15) is 0 Å². The zero-order chi connectivity index (χ0) is 13.1. The highest BCUT2D eigenvalue weighted by atomic mass is 16.4. The highest BCUT2D eigenvalue weighted by Gasteiger charge is 2.19. The van der Waals surface area contributed by atoms with Crippen molar-refractivity contribution >= 4 is 11.9 Å². The molecule has 1 atom stereocenters. The van der Waals surface area contributed by atoms with E-state index in [0.717, 1.165) is 25.7 Å². The molecule has 0 bridgehead atoms. The summed E-state index contributed by atoms with van der Waals surface area (Å²) in [6.07, 6.45) is 3.86. The molecule has 0 spiro atoms. The number of rotatable bonds is 10. The Morgan fingerprint density at radius 1 is 1.12 bits per heavy atom. The first-order valence-corrected chi connectivity index (χ1v) is 6.34. The van der Waals surface area contributed by atoms with Crippen LogP contribution < -0.4 is 10.6 Å². The van der Waals surface area contributed by atoms with Gasteiger partial charge in [0.2, 0.25) is 5.91 Å². The first-order chi connectivity index (χ1) is 8.11. The normalized spacial score (nSPS) is 12.1. The molecule has 0 rings (SSSR count). The maximum Gasteiger partial charge on any atom is 0.321 e. The number of hydrogen-bond donors (Lipinski definition) is 3. The Hall–Kier alpha value is -1.10. The summed E-state index contributed by atoms with van der Waals surface area (Å²) in [5, 5.41) is 14.5. The molecule has 0 aromatic heterocycles. The van der Waals surface area contributed by atoms with Gasteiger partial charge in [-0.1, -0.05) is 26.7 Å². The van der Waals surface area contributed by atoms with Gasteiger partial charge in [0.1, 0.15) is 6.04 Å². The quantitative estimate of drug-likeness (QED) is 0.503. The third-order valence-electron chi connectivity index (χ3n) is 2.46. The molecular weight excluding hydrogens is 220 g/mol. The van der Waals surface area contributed by atoms with Gasteiger partial charge in [-0.25, -0.2) is 0 Å². The van der Waals surface area contributed by atoms with Crippen LogP contribution in [0.25, 0.3) is 0 Å². The number of amides is 1. The van der Waals surface area contributed by atoms with Crippen molar-refractivity contribution in [2.45, 2.75) is 52.0 Å². The highest BCUT2D eigenvalue weighted by Crippen LogP contribution is 1.95. The molecule has 17 heavy (non-hydrogen) atoms. The number of carboxylic acids is 1. The summed E-state index contributed by atoms with van der Waals surface area (Å²) in [5.74, 6) is -1.17. The third-order valence-corrected chi connectivity index (χ3v) is 2.46. The second kappa shape index (κ2) is 10.1. The SMILES string of the molecule is CCCCNC(=O)CC(NCCCC)C(=O)O. The number of carbonyl (C=O) groups is 2. The topological polar surface area (TPSA) is 78.4 Å². The zero-order valence-corrected chi connectivity index (χ0v) is 10.8. The van der Waals surface area contributed by atoms with Gasteiger partial charge in [0.05, 0.1) is 6.42 Å². The molecule has 0 aliphatic heterocycles. The number of nitrogens with one attached hydrogen (secondary N) is 2. The zero-order valence-electron chi connectivity index (χ0n) is 10.8. The number of aliphatic carboxylic acids is 1. The average Bonchev–Trinajstić information content (AvgIpc) is 2.28. The predicted octanol–water partition coefficient (Wildman–Crippen LogP) is 1.14. The Morgan fingerprint density at radius 2 is 1.71 bits per heavy atom. The van der Waals surface area contributed by atoms with E-state index in [1.54, 1.807) is 0 Å². The van der Waals surface area contributed by atoms with Crippen molar-refractivity contribution in [3.8, 4) is 0 Å². The molecular formula is C12H24N2O3. The summed E-state index contributed by atoms with van der Waals surface area (Å²) in [7, 11) is 0. The molecule has 1 unspecified atom stereocenters. The molecule has 1 amide bonds. The van der Waals surface area contributed by atoms with E-state index in [2.05, 4.69) is 10.6 Å². The number of hydrogen-bond acceptors (Lipinski definition) is 3. The predicted molar refractivity (Wildman–Crippen MR) is 66.9 cm³/mol. The second-order valence-corrected chi connectivity index (χ2v) is 4.11. The van der Waals surface area contributed by atoms with E-state index in [4.69, 9.17) is 5.11 Å². The average molecular weight is 244 g/mol. The fourth-order valence-electron chi connectivity index (χ4n) is 1.36. The molecule has 0 saturated carbocycles. The van der Waals surface area contributed by atoms with Gasteiger partial charge >= 0.3 is 5.97 Å². The van der Waals surface area contributed by atoms with Gasteiger partial charge in [0, 0.05) is 6.54 Å². The largest absolute Gasteiger partial charge is 0.480 e. The van der Waals surface area contributed by atoms with E-state index in [9.17, 15) is 9.59 Å². The maximum atomic E-state index is 11.5. The number of carboxylic acid groups (broad SMARTS) is 1. The smallest absolute Gasteiger partial charge is 0.321 e. The minimum atomic E-state index is -0.966. The van der Waals surface area contributed by atoms with Crippen LogP contribution >= 0.6 is 0 Å². The van der Waals surface area contributed by atoms with E-state index in [1.165, 1.54) is 0 Å². The van der Waals surface area contributed by atoms with Crippen molar-refractivity contribution in [1.82, 2.24) is 10.6 Å². The Balaban J connectivity index is 3.89. The van der Waals surface area contributed by atoms with Gasteiger partial charge < -0.3 is 15.7 Å². The summed E-state index contributed by atoms with van der Waals surface area (Å²) < 4.78 is 0. The highest BCUT2D eigenvalue weighted by molar-refractivity contribution is 5.84. The third kappa shape index (κ3) is 8.68. The van der Waals surface area contributed by atoms with Crippen molar-refractivity contribution in [2.24, 2.45) is 0 Å². The van der Waals surface area contributed by atoms with Gasteiger partial charge in [0.15, 0.2) is 0 Å². The Kier molecular flexibility index (Phi) is 9.43. The van der Waals surface area contributed by atoms with Crippen LogP contribution in [0, 0.1) is 0 Å². The van der Waals surface area contributed by atoms with Crippen molar-refractivity contribution in [3.05, 3.63) is 0 Å². The van der Waals surface area contributed by atoms with Gasteiger partial charge in [-0.15, -0.1) is 0 Å². The van der Waals surface area contributed by atoms with Crippen LogP contribution in [0.5, 0.6) is 0 Å². The number of carbonyl (C=O) groups excluding carboxylic acids is 1. The number of unbranched alkanes of at least 4 members (excludes halogenated alkanes) is 2. The molecule has 0 aromatic rings. The molecule has 0 aliphatic carbocycles.